The van der Waals surface area contributed by atoms with Crippen LogP contribution in [0, 0.1) is 27.8 Å². The van der Waals surface area contributed by atoms with E-state index in [0.29, 0.717) is 12.0 Å². The van der Waals surface area contributed by atoms with Gasteiger partial charge in [0.25, 0.3) is 5.69 Å². The molecular formula is C10H7BrFNO2. The zero-order valence-electron chi connectivity index (χ0n) is 7.67. The molecule has 1 aromatic rings. The van der Waals surface area contributed by atoms with Gasteiger partial charge in [-0.05, 0) is 6.07 Å². The molecule has 0 saturated carbocycles. The summed E-state index contributed by atoms with van der Waals surface area (Å²) >= 11 is 3.19. The van der Waals surface area contributed by atoms with Crippen LogP contribution in [0.5, 0.6) is 0 Å². The second kappa shape index (κ2) is 5.47. The van der Waals surface area contributed by atoms with Crippen LogP contribution in [-0.2, 0) is 0 Å². The lowest BCUT2D eigenvalue weighted by atomic mass is 10.2. The molecule has 1 aromatic carbocycles. The molecule has 5 heteroatoms. The van der Waals surface area contributed by atoms with Crippen molar-refractivity contribution in [3.8, 4) is 11.8 Å². The van der Waals surface area contributed by atoms with Gasteiger partial charge >= 0.3 is 0 Å². The minimum absolute atomic E-state index is 0.279. The van der Waals surface area contributed by atoms with Crippen molar-refractivity contribution in [2.24, 2.45) is 0 Å². The van der Waals surface area contributed by atoms with Crippen LogP contribution in [0.15, 0.2) is 18.2 Å². The summed E-state index contributed by atoms with van der Waals surface area (Å²) in [5.74, 6) is 4.77. The topological polar surface area (TPSA) is 43.1 Å². The van der Waals surface area contributed by atoms with E-state index >= 15 is 0 Å². The molecule has 0 aliphatic rings. The number of rotatable bonds is 2. The lowest BCUT2D eigenvalue weighted by molar-refractivity contribution is -0.385. The fraction of sp³-hybridized carbons (Fsp3) is 0.200. The molecule has 0 unspecified atom stereocenters. The summed E-state index contributed by atoms with van der Waals surface area (Å²) < 4.78 is 12.9. The van der Waals surface area contributed by atoms with E-state index in [1.807, 2.05) is 0 Å². The standard InChI is InChI=1S/C10H7BrFNO2/c11-4-2-1-3-8-5-9(12)7-10(6-8)13(14)15/h5-7H,2,4H2. The van der Waals surface area contributed by atoms with E-state index in [9.17, 15) is 14.5 Å². The molecule has 3 nitrogen and oxygen atoms in total. The molecule has 1 rings (SSSR count). The predicted octanol–water partition coefficient (Wildman–Crippen LogP) is 2.87. The van der Waals surface area contributed by atoms with Crippen molar-refractivity contribution in [3.63, 3.8) is 0 Å². The first-order chi connectivity index (χ1) is 7.13. The Kier molecular flexibility index (Phi) is 4.25. The number of nitro groups is 1. The number of hydrogen-bond acceptors (Lipinski definition) is 2. The van der Waals surface area contributed by atoms with E-state index in [4.69, 9.17) is 0 Å². The average Bonchev–Trinajstić information content (AvgIpc) is 2.17. The first kappa shape index (κ1) is 11.7. The van der Waals surface area contributed by atoms with Crippen molar-refractivity contribution in [1.29, 1.82) is 0 Å². The Morgan fingerprint density at radius 1 is 1.47 bits per heavy atom. The quantitative estimate of drug-likeness (QED) is 0.359. The number of nitrogens with zero attached hydrogens (tertiary/aromatic N) is 1. The third-order valence-corrected chi connectivity index (χ3v) is 1.94. The lowest BCUT2D eigenvalue weighted by Gasteiger charge is -1.93. The number of halogens is 2. The Bertz CT molecular complexity index is 437. The van der Waals surface area contributed by atoms with Crippen molar-refractivity contribution in [3.05, 3.63) is 39.7 Å². The Morgan fingerprint density at radius 2 is 2.20 bits per heavy atom. The van der Waals surface area contributed by atoms with Gasteiger partial charge in [0, 0.05) is 23.4 Å². The molecular weight excluding hydrogens is 265 g/mol. The van der Waals surface area contributed by atoms with Gasteiger partial charge in [-0.3, -0.25) is 10.1 Å². The number of non-ortho nitro benzene ring substituents is 1. The van der Waals surface area contributed by atoms with Gasteiger partial charge in [-0.2, -0.15) is 0 Å². The molecule has 0 atom stereocenters. The van der Waals surface area contributed by atoms with Crippen LogP contribution in [0.25, 0.3) is 0 Å². The third kappa shape index (κ3) is 3.68. The van der Waals surface area contributed by atoms with Gasteiger partial charge in [0.1, 0.15) is 5.82 Å². The summed E-state index contributed by atoms with van der Waals surface area (Å²) in [7, 11) is 0. The molecule has 0 N–H and O–H groups in total. The van der Waals surface area contributed by atoms with E-state index in [2.05, 4.69) is 27.8 Å². The largest absolute Gasteiger partial charge is 0.273 e. The number of hydrogen-bond donors (Lipinski definition) is 0. The molecule has 0 saturated heterocycles. The number of benzene rings is 1. The molecule has 0 spiro atoms. The second-order valence-electron chi connectivity index (χ2n) is 2.70. The second-order valence-corrected chi connectivity index (χ2v) is 3.49. The van der Waals surface area contributed by atoms with Gasteiger partial charge in [-0.1, -0.05) is 27.8 Å². The Labute approximate surface area is 94.6 Å². The van der Waals surface area contributed by atoms with Gasteiger partial charge in [0.05, 0.1) is 11.0 Å². The summed E-state index contributed by atoms with van der Waals surface area (Å²) in [5, 5.41) is 11.1. The fourth-order valence-electron chi connectivity index (χ4n) is 0.964. The SMILES string of the molecule is O=[N+]([O-])c1cc(F)cc(C#CCCBr)c1. The molecule has 0 aliphatic carbocycles. The van der Waals surface area contributed by atoms with Crippen molar-refractivity contribution in [2.45, 2.75) is 6.42 Å². The molecule has 0 radical (unpaired) electrons. The maximum atomic E-state index is 12.9. The van der Waals surface area contributed by atoms with Gasteiger partial charge in [-0.15, -0.1) is 0 Å². The highest BCUT2D eigenvalue weighted by Crippen LogP contribution is 2.15. The highest BCUT2D eigenvalue weighted by atomic mass is 79.9. The van der Waals surface area contributed by atoms with Crippen molar-refractivity contribution in [1.82, 2.24) is 0 Å². The number of nitro benzene ring substituents is 1. The summed E-state index contributed by atoms with van der Waals surface area (Å²) in [5.41, 5.74) is 0.0424. The zero-order chi connectivity index (χ0) is 11.3. The van der Waals surface area contributed by atoms with E-state index in [1.54, 1.807) is 0 Å². The molecule has 0 amide bonds. The van der Waals surface area contributed by atoms with Crippen LogP contribution in [0.1, 0.15) is 12.0 Å². The van der Waals surface area contributed by atoms with Crippen LogP contribution in [0.3, 0.4) is 0 Å². The van der Waals surface area contributed by atoms with Crippen LogP contribution >= 0.6 is 15.9 Å². The zero-order valence-corrected chi connectivity index (χ0v) is 9.25. The van der Waals surface area contributed by atoms with Crippen molar-refractivity contribution in [2.75, 3.05) is 5.33 Å². The monoisotopic (exact) mass is 271 g/mol. The predicted molar refractivity (Wildman–Crippen MR) is 58.3 cm³/mol. The van der Waals surface area contributed by atoms with E-state index in [0.717, 1.165) is 11.4 Å². The maximum absolute atomic E-state index is 12.9. The Morgan fingerprint density at radius 3 is 2.80 bits per heavy atom. The van der Waals surface area contributed by atoms with Crippen LogP contribution in [-0.4, -0.2) is 10.3 Å². The molecule has 0 fully saturated rings. The van der Waals surface area contributed by atoms with Gasteiger partial charge in [0.15, 0.2) is 0 Å². The van der Waals surface area contributed by atoms with Crippen LogP contribution in [0.4, 0.5) is 10.1 Å². The Hall–Kier alpha value is -1.41. The summed E-state index contributed by atoms with van der Waals surface area (Å²) in [6.07, 6.45) is 0.615. The summed E-state index contributed by atoms with van der Waals surface area (Å²) in [6.45, 7) is 0. The lowest BCUT2D eigenvalue weighted by Crippen LogP contribution is -1.90. The normalized spacial score (nSPS) is 9.20. The van der Waals surface area contributed by atoms with E-state index in [-0.39, 0.29) is 5.69 Å². The van der Waals surface area contributed by atoms with Crippen molar-refractivity contribution < 1.29 is 9.31 Å². The first-order valence-electron chi connectivity index (χ1n) is 4.13. The maximum Gasteiger partial charge on any atom is 0.273 e. The molecule has 0 aliphatic heterocycles. The minimum atomic E-state index is -0.646. The summed E-state index contributed by atoms with van der Waals surface area (Å²) in [4.78, 5) is 9.78. The van der Waals surface area contributed by atoms with Crippen LogP contribution < -0.4 is 0 Å². The average molecular weight is 272 g/mol. The van der Waals surface area contributed by atoms with Gasteiger partial charge in [0.2, 0.25) is 0 Å². The first-order valence-corrected chi connectivity index (χ1v) is 5.25. The smallest absolute Gasteiger partial charge is 0.258 e. The van der Waals surface area contributed by atoms with E-state index < -0.39 is 10.7 Å². The minimum Gasteiger partial charge on any atom is -0.258 e. The molecule has 0 bridgehead atoms. The van der Waals surface area contributed by atoms with Gasteiger partial charge < -0.3 is 0 Å². The van der Waals surface area contributed by atoms with Crippen molar-refractivity contribution >= 4 is 21.6 Å². The third-order valence-electron chi connectivity index (χ3n) is 1.55. The van der Waals surface area contributed by atoms with Gasteiger partial charge in [-0.25, -0.2) is 4.39 Å². The van der Waals surface area contributed by atoms with E-state index in [1.165, 1.54) is 12.1 Å². The highest BCUT2D eigenvalue weighted by Gasteiger charge is 2.08. The number of alkyl halides is 1. The fourth-order valence-corrected chi connectivity index (χ4v) is 1.16. The molecule has 15 heavy (non-hydrogen) atoms. The molecule has 0 aromatic heterocycles. The Balaban J connectivity index is 3.00. The van der Waals surface area contributed by atoms with Crippen LogP contribution in [0.2, 0.25) is 0 Å². The summed E-state index contributed by atoms with van der Waals surface area (Å²) in [6, 6.07) is 3.30. The molecule has 0 heterocycles. The molecule has 78 valence electrons. The highest BCUT2D eigenvalue weighted by molar-refractivity contribution is 9.09.